The van der Waals surface area contributed by atoms with Crippen molar-refractivity contribution in [3.05, 3.63) is 87.9 Å². The van der Waals surface area contributed by atoms with Crippen LogP contribution in [0.2, 0.25) is 0 Å². The lowest BCUT2D eigenvalue weighted by molar-refractivity contribution is -0.384. The number of ether oxygens (including phenoxy) is 2. The van der Waals surface area contributed by atoms with Gasteiger partial charge in [0, 0.05) is 30.3 Å². The molecule has 1 aliphatic heterocycles. The predicted molar refractivity (Wildman–Crippen MR) is 125 cm³/mol. The molecule has 182 valence electrons. The first-order valence-corrected chi connectivity index (χ1v) is 11.1. The van der Waals surface area contributed by atoms with Gasteiger partial charge in [0.05, 0.1) is 17.7 Å². The second-order valence-corrected chi connectivity index (χ2v) is 8.35. The van der Waals surface area contributed by atoms with Gasteiger partial charge in [-0.25, -0.2) is 0 Å². The molecule has 10 nitrogen and oxygen atoms in total. The SMILES string of the molecule is CC(C)N(CC(=O)N(Cc1ccc2c(c1)OCO2)Cc1ccco1)C(=O)c1cccc([N+](=O)[O-])c1. The summed E-state index contributed by atoms with van der Waals surface area (Å²) >= 11 is 0. The Kier molecular flexibility index (Phi) is 7.00. The molecule has 2 heterocycles. The van der Waals surface area contributed by atoms with E-state index in [9.17, 15) is 19.7 Å². The molecule has 0 aliphatic carbocycles. The topological polar surface area (TPSA) is 115 Å². The number of carbonyl (C=O) groups is 2. The first-order chi connectivity index (χ1) is 16.8. The number of hydrogen-bond acceptors (Lipinski definition) is 7. The first kappa shape index (κ1) is 23.8. The Balaban J connectivity index is 1.55. The molecular formula is C25H25N3O7. The van der Waals surface area contributed by atoms with Crippen molar-refractivity contribution in [2.24, 2.45) is 0 Å². The van der Waals surface area contributed by atoms with Crippen LogP contribution in [0, 0.1) is 10.1 Å². The molecule has 35 heavy (non-hydrogen) atoms. The van der Waals surface area contributed by atoms with Crippen LogP contribution >= 0.6 is 0 Å². The van der Waals surface area contributed by atoms with Gasteiger partial charge in [-0.1, -0.05) is 12.1 Å². The molecule has 0 saturated carbocycles. The number of carbonyl (C=O) groups excluding carboxylic acids is 2. The number of furan rings is 1. The summed E-state index contributed by atoms with van der Waals surface area (Å²) in [7, 11) is 0. The van der Waals surface area contributed by atoms with Gasteiger partial charge in [-0.15, -0.1) is 0 Å². The monoisotopic (exact) mass is 479 g/mol. The minimum atomic E-state index is -0.557. The van der Waals surface area contributed by atoms with Gasteiger partial charge in [-0.2, -0.15) is 0 Å². The second-order valence-electron chi connectivity index (χ2n) is 8.35. The van der Waals surface area contributed by atoms with Gasteiger partial charge in [0.15, 0.2) is 11.5 Å². The van der Waals surface area contributed by atoms with Crippen LogP contribution in [0.5, 0.6) is 11.5 Å². The zero-order valence-corrected chi connectivity index (χ0v) is 19.4. The maximum Gasteiger partial charge on any atom is 0.270 e. The predicted octanol–water partition coefficient (Wildman–Crippen LogP) is 4.00. The fourth-order valence-corrected chi connectivity index (χ4v) is 3.74. The van der Waals surface area contributed by atoms with Crippen molar-refractivity contribution in [3.63, 3.8) is 0 Å². The Morgan fingerprint density at radius 3 is 2.54 bits per heavy atom. The van der Waals surface area contributed by atoms with Crippen molar-refractivity contribution in [1.82, 2.24) is 9.80 Å². The average molecular weight is 479 g/mol. The van der Waals surface area contributed by atoms with Gasteiger partial charge in [-0.3, -0.25) is 19.7 Å². The summed E-state index contributed by atoms with van der Waals surface area (Å²) in [6.45, 7) is 3.99. The molecular weight excluding hydrogens is 454 g/mol. The lowest BCUT2D eigenvalue weighted by atomic mass is 10.1. The lowest BCUT2D eigenvalue weighted by Crippen LogP contribution is -2.45. The van der Waals surface area contributed by atoms with Gasteiger partial charge in [0.1, 0.15) is 12.3 Å². The van der Waals surface area contributed by atoms with E-state index in [2.05, 4.69) is 0 Å². The van der Waals surface area contributed by atoms with E-state index in [0.29, 0.717) is 17.3 Å². The highest BCUT2D eigenvalue weighted by atomic mass is 16.7. The van der Waals surface area contributed by atoms with Gasteiger partial charge in [0.2, 0.25) is 12.7 Å². The van der Waals surface area contributed by atoms with E-state index in [1.54, 1.807) is 36.9 Å². The number of benzene rings is 2. The molecule has 3 aromatic rings. The summed E-state index contributed by atoms with van der Waals surface area (Å²) in [5, 5.41) is 11.1. The summed E-state index contributed by atoms with van der Waals surface area (Å²) in [6, 6.07) is 14.1. The minimum Gasteiger partial charge on any atom is -0.467 e. The van der Waals surface area contributed by atoms with Gasteiger partial charge in [-0.05, 0) is 49.7 Å². The molecule has 0 N–H and O–H groups in total. The summed E-state index contributed by atoms with van der Waals surface area (Å²) < 4.78 is 16.3. The van der Waals surface area contributed by atoms with Crippen LogP contribution in [0.1, 0.15) is 35.5 Å². The summed E-state index contributed by atoms with van der Waals surface area (Å²) in [6.07, 6.45) is 1.53. The number of nitrogens with zero attached hydrogens (tertiary/aromatic N) is 3. The van der Waals surface area contributed by atoms with Crippen molar-refractivity contribution in [1.29, 1.82) is 0 Å². The maximum atomic E-state index is 13.5. The van der Waals surface area contributed by atoms with Crippen molar-refractivity contribution >= 4 is 17.5 Å². The molecule has 0 fully saturated rings. The van der Waals surface area contributed by atoms with E-state index < -0.39 is 10.8 Å². The Bertz CT molecular complexity index is 1220. The molecule has 0 bridgehead atoms. The van der Waals surface area contributed by atoms with E-state index in [0.717, 1.165) is 5.56 Å². The molecule has 10 heteroatoms. The van der Waals surface area contributed by atoms with Crippen LogP contribution in [-0.4, -0.2) is 45.9 Å². The van der Waals surface area contributed by atoms with E-state index in [-0.39, 0.29) is 49.6 Å². The number of nitro benzene ring substituents is 1. The number of fused-ring (bicyclic) bond motifs is 1. The minimum absolute atomic E-state index is 0.147. The van der Waals surface area contributed by atoms with E-state index in [4.69, 9.17) is 13.9 Å². The van der Waals surface area contributed by atoms with Gasteiger partial charge >= 0.3 is 0 Å². The molecule has 0 radical (unpaired) electrons. The Hall–Kier alpha value is -4.34. The summed E-state index contributed by atoms with van der Waals surface area (Å²) in [5.74, 6) is 1.09. The van der Waals surface area contributed by atoms with Crippen LogP contribution < -0.4 is 9.47 Å². The maximum absolute atomic E-state index is 13.5. The highest BCUT2D eigenvalue weighted by Gasteiger charge is 2.26. The van der Waals surface area contributed by atoms with Crippen molar-refractivity contribution in [3.8, 4) is 11.5 Å². The lowest BCUT2D eigenvalue weighted by Gasteiger charge is -2.30. The Labute approximate surface area is 201 Å². The molecule has 0 unspecified atom stereocenters. The van der Waals surface area contributed by atoms with E-state index in [1.807, 2.05) is 12.1 Å². The normalized spacial score (nSPS) is 12.0. The van der Waals surface area contributed by atoms with Crippen LogP contribution in [0.4, 0.5) is 5.69 Å². The van der Waals surface area contributed by atoms with Gasteiger partial charge in [0.25, 0.3) is 11.6 Å². The van der Waals surface area contributed by atoms with Crippen LogP contribution in [0.15, 0.2) is 65.3 Å². The van der Waals surface area contributed by atoms with Crippen molar-refractivity contribution < 1.29 is 28.4 Å². The van der Waals surface area contributed by atoms with Crippen LogP contribution in [0.3, 0.4) is 0 Å². The average Bonchev–Trinajstić information content (AvgIpc) is 3.53. The third-order valence-corrected chi connectivity index (χ3v) is 5.58. The Morgan fingerprint density at radius 1 is 1.03 bits per heavy atom. The zero-order valence-electron chi connectivity index (χ0n) is 19.4. The third-order valence-electron chi connectivity index (χ3n) is 5.58. The first-order valence-electron chi connectivity index (χ1n) is 11.1. The zero-order chi connectivity index (χ0) is 24.9. The number of rotatable bonds is 9. The highest BCUT2D eigenvalue weighted by Crippen LogP contribution is 2.33. The number of hydrogen-bond donors (Lipinski definition) is 0. The molecule has 1 aliphatic rings. The standard InChI is InChI=1S/C25H25N3O7/c1-17(2)27(25(30)19-5-3-6-20(12-19)28(31)32)15-24(29)26(14-21-7-4-10-33-21)13-18-8-9-22-23(11-18)35-16-34-22/h3-12,17H,13-16H2,1-2H3. The highest BCUT2D eigenvalue weighted by molar-refractivity contribution is 5.97. The fraction of sp³-hybridized carbons (Fsp3) is 0.280. The fourth-order valence-electron chi connectivity index (χ4n) is 3.74. The summed E-state index contributed by atoms with van der Waals surface area (Å²) in [5.41, 5.74) is 0.789. The molecule has 0 spiro atoms. The molecule has 4 rings (SSSR count). The van der Waals surface area contributed by atoms with Crippen molar-refractivity contribution in [2.75, 3.05) is 13.3 Å². The van der Waals surface area contributed by atoms with Crippen molar-refractivity contribution in [2.45, 2.75) is 33.0 Å². The molecule has 0 saturated heterocycles. The largest absolute Gasteiger partial charge is 0.467 e. The molecule has 2 amide bonds. The quantitative estimate of drug-likeness (QED) is 0.336. The second kappa shape index (κ2) is 10.3. The van der Waals surface area contributed by atoms with Gasteiger partial charge < -0.3 is 23.7 Å². The smallest absolute Gasteiger partial charge is 0.270 e. The molecule has 2 aromatic carbocycles. The van der Waals surface area contributed by atoms with E-state index >= 15 is 0 Å². The number of amides is 2. The number of non-ortho nitro benzene ring substituents is 1. The molecule has 0 atom stereocenters. The van der Waals surface area contributed by atoms with Crippen LogP contribution in [-0.2, 0) is 17.9 Å². The van der Waals surface area contributed by atoms with Crippen LogP contribution in [0.25, 0.3) is 0 Å². The summed E-state index contributed by atoms with van der Waals surface area (Å²) in [4.78, 5) is 40.2. The number of nitro groups is 1. The third kappa shape index (κ3) is 5.60. The van der Waals surface area contributed by atoms with E-state index in [1.165, 1.54) is 35.4 Å². The Morgan fingerprint density at radius 2 is 1.83 bits per heavy atom. The molecule has 1 aromatic heterocycles.